The number of halogens is 1. The van der Waals surface area contributed by atoms with Crippen LogP contribution in [0, 0.1) is 0 Å². The van der Waals surface area contributed by atoms with Crippen molar-refractivity contribution in [2.24, 2.45) is 0 Å². The molecule has 1 aromatic heterocycles. The van der Waals surface area contributed by atoms with Crippen LogP contribution in [0.5, 0.6) is 11.5 Å². The van der Waals surface area contributed by atoms with E-state index in [1.165, 1.54) is 0 Å². The highest BCUT2D eigenvalue weighted by molar-refractivity contribution is 6.32. The Morgan fingerprint density at radius 3 is 2.93 bits per heavy atom. The fraction of sp³-hybridized carbons (Fsp3) is 0.550. The molecule has 2 aromatic rings. The largest absolute Gasteiger partial charge is 0.491 e. The first-order valence-corrected chi connectivity index (χ1v) is 9.90. The van der Waals surface area contributed by atoms with Gasteiger partial charge in [-0.05, 0) is 44.4 Å². The number of ether oxygens (including phenoxy) is 3. The molecule has 0 saturated carbocycles. The Morgan fingerprint density at radius 1 is 1.37 bits per heavy atom. The van der Waals surface area contributed by atoms with Crippen molar-refractivity contribution >= 4 is 11.6 Å². The van der Waals surface area contributed by atoms with E-state index in [1.807, 2.05) is 29.9 Å². The van der Waals surface area contributed by atoms with Crippen LogP contribution in [0.3, 0.4) is 0 Å². The second-order valence-corrected chi connectivity index (χ2v) is 7.00. The smallest absolute Gasteiger partial charge is 0.179 e. The first kappa shape index (κ1) is 20.0. The summed E-state index contributed by atoms with van der Waals surface area (Å²) in [5.74, 6) is 1.25. The van der Waals surface area contributed by atoms with Gasteiger partial charge in [0.25, 0.3) is 0 Å². The van der Waals surface area contributed by atoms with E-state index in [1.54, 1.807) is 7.11 Å². The molecule has 0 amide bonds. The van der Waals surface area contributed by atoms with Gasteiger partial charge in [-0.2, -0.15) is 5.10 Å². The number of aromatic nitrogens is 2. The molecule has 0 aliphatic carbocycles. The second kappa shape index (κ2) is 9.44. The molecule has 3 rings (SSSR count). The predicted molar refractivity (Wildman–Crippen MR) is 106 cm³/mol. The van der Waals surface area contributed by atoms with Crippen LogP contribution >= 0.6 is 11.6 Å². The fourth-order valence-electron chi connectivity index (χ4n) is 3.45. The molecule has 1 saturated heterocycles. The topological polar surface area (TPSA) is 57.5 Å². The van der Waals surface area contributed by atoms with E-state index in [0.29, 0.717) is 29.7 Å². The molecule has 2 heterocycles. The minimum absolute atomic E-state index is 0.0131. The number of rotatable bonds is 8. The van der Waals surface area contributed by atoms with Crippen LogP contribution in [0.4, 0.5) is 0 Å². The van der Waals surface area contributed by atoms with E-state index in [0.717, 1.165) is 37.1 Å². The van der Waals surface area contributed by atoms with Gasteiger partial charge in [-0.3, -0.25) is 4.68 Å². The van der Waals surface area contributed by atoms with E-state index in [4.69, 9.17) is 25.8 Å². The van der Waals surface area contributed by atoms with Crippen LogP contribution in [-0.2, 0) is 17.8 Å². The molecule has 0 unspecified atom stereocenters. The molecule has 1 fully saturated rings. The summed E-state index contributed by atoms with van der Waals surface area (Å²) in [6.45, 7) is 6.90. The number of benzene rings is 1. The van der Waals surface area contributed by atoms with Crippen LogP contribution in [0.25, 0.3) is 0 Å². The van der Waals surface area contributed by atoms with Gasteiger partial charge >= 0.3 is 0 Å². The van der Waals surface area contributed by atoms with E-state index in [9.17, 15) is 0 Å². The third-order valence-electron chi connectivity index (χ3n) is 4.77. The van der Waals surface area contributed by atoms with Crippen LogP contribution in [-0.4, -0.2) is 36.1 Å². The zero-order chi connectivity index (χ0) is 19.2. The lowest BCUT2D eigenvalue weighted by atomic mass is 9.98. The number of methoxy groups -OCH3 is 1. The van der Waals surface area contributed by atoms with Gasteiger partial charge in [-0.15, -0.1) is 0 Å². The molecule has 1 aliphatic rings. The molecule has 6 nitrogen and oxygen atoms in total. The lowest BCUT2D eigenvalue weighted by Crippen LogP contribution is -2.39. The summed E-state index contributed by atoms with van der Waals surface area (Å²) in [6, 6.07) is 4.13. The van der Waals surface area contributed by atoms with E-state index in [2.05, 4.69) is 23.5 Å². The monoisotopic (exact) mass is 393 g/mol. The van der Waals surface area contributed by atoms with E-state index >= 15 is 0 Å². The first-order chi connectivity index (χ1) is 13.2. The molecule has 0 spiro atoms. The Hall–Kier alpha value is -1.76. The molecule has 1 aromatic carbocycles. The van der Waals surface area contributed by atoms with Gasteiger partial charge in [0.2, 0.25) is 0 Å². The van der Waals surface area contributed by atoms with Gasteiger partial charge < -0.3 is 19.5 Å². The second-order valence-electron chi connectivity index (χ2n) is 6.59. The number of nitrogens with zero attached hydrogens (tertiary/aromatic N) is 2. The maximum atomic E-state index is 6.37. The average Bonchev–Trinajstić information content (AvgIpc) is 3.16. The normalized spacial score (nSPS) is 19.9. The number of hydrogen-bond donors (Lipinski definition) is 1. The molecule has 7 heteroatoms. The third-order valence-corrected chi connectivity index (χ3v) is 5.05. The van der Waals surface area contributed by atoms with Gasteiger partial charge in [0.1, 0.15) is 6.10 Å². The van der Waals surface area contributed by atoms with Crippen molar-refractivity contribution < 1.29 is 14.2 Å². The molecule has 1 N–H and O–H groups in total. The highest BCUT2D eigenvalue weighted by Gasteiger charge is 2.28. The summed E-state index contributed by atoms with van der Waals surface area (Å²) in [7, 11) is 1.60. The molecule has 0 bridgehead atoms. The fourth-order valence-corrected chi connectivity index (χ4v) is 3.76. The van der Waals surface area contributed by atoms with Crippen molar-refractivity contribution in [2.75, 3.05) is 20.3 Å². The van der Waals surface area contributed by atoms with Gasteiger partial charge in [0.15, 0.2) is 11.5 Å². The third kappa shape index (κ3) is 4.75. The highest BCUT2D eigenvalue weighted by Crippen LogP contribution is 2.36. The maximum Gasteiger partial charge on any atom is 0.179 e. The van der Waals surface area contributed by atoms with E-state index < -0.39 is 0 Å². The van der Waals surface area contributed by atoms with Gasteiger partial charge in [-0.25, -0.2) is 0 Å². The zero-order valence-electron chi connectivity index (χ0n) is 16.2. The summed E-state index contributed by atoms with van der Waals surface area (Å²) in [5, 5.41) is 8.57. The van der Waals surface area contributed by atoms with Crippen molar-refractivity contribution in [1.82, 2.24) is 15.1 Å². The van der Waals surface area contributed by atoms with Crippen molar-refractivity contribution in [3.8, 4) is 11.5 Å². The lowest BCUT2D eigenvalue weighted by Gasteiger charge is -2.32. The summed E-state index contributed by atoms with van der Waals surface area (Å²) >= 11 is 6.37. The van der Waals surface area contributed by atoms with Gasteiger partial charge in [0.05, 0.1) is 24.9 Å². The Labute approximate surface area is 165 Å². The molecular formula is C20H28ClN3O3. The van der Waals surface area contributed by atoms with Crippen LogP contribution in [0.1, 0.15) is 43.9 Å². The minimum atomic E-state index is 0.0131. The molecule has 2 atom stereocenters. The molecule has 0 radical (unpaired) electrons. The number of hydrogen-bond acceptors (Lipinski definition) is 5. The zero-order valence-corrected chi connectivity index (χ0v) is 17.0. The van der Waals surface area contributed by atoms with Crippen LogP contribution in [0.2, 0.25) is 5.02 Å². The van der Waals surface area contributed by atoms with Crippen molar-refractivity contribution in [3.05, 3.63) is 40.7 Å². The number of nitrogens with one attached hydrogen (secondary N) is 1. The SMILES string of the molecule is CCOc1cc(CN[C@H]2CCCO[C@@H]2c2cnn(CC)c2)cc(Cl)c1OC. The highest BCUT2D eigenvalue weighted by atomic mass is 35.5. The quantitative estimate of drug-likeness (QED) is 0.735. The Bertz CT molecular complexity index is 750. The number of aryl methyl sites for hydroxylation is 1. The lowest BCUT2D eigenvalue weighted by molar-refractivity contribution is -0.0112. The molecular weight excluding hydrogens is 366 g/mol. The predicted octanol–water partition coefficient (Wildman–Crippen LogP) is 3.97. The molecule has 148 valence electrons. The standard InChI is InChI=1S/C20H28ClN3O3/c1-4-24-13-15(12-23-24)19-17(7-6-8-27-19)22-11-14-9-16(21)20(25-3)18(10-14)26-5-2/h9-10,12-13,17,19,22H,4-8,11H2,1-3H3/t17-,19+/m0/s1. The van der Waals surface area contributed by atoms with Crippen LogP contribution < -0.4 is 14.8 Å². The Balaban J connectivity index is 1.72. The average molecular weight is 394 g/mol. The van der Waals surface area contributed by atoms with Gasteiger partial charge in [0, 0.05) is 37.5 Å². The van der Waals surface area contributed by atoms with Crippen molar-refractivity contribution in [1.29, 1.82) is 0 Å². The summed E-state index contributed by atoms with van der Waals surface area (Å²) in [5.41, 5.74) is 2.18. The van der Waals surface area contributed by atoms with Crippen molar-refractivity contribution in [3.63, 3.8) is 0 Å². The minimum Gasteiger partial charge on any atom is -0.491 e. The van der Waals surface area contributed by atoms with Crippen LogP contribution in [0.15, 0.2) is 24.5 Å². The molecule has 1 aliphatic heterocycles. The molecule has 27 heavy (non-hydrogen) atoms. The Kier molecular flexibility index (Phi) is 6.99. The Morgan fingerprint density at radius 2 is 2.22 bits per heavy atom. The summed E-state index contributed by atoms with van der Waals surface area (Å²) in [4.78, 5) is 0. The van der Waals surface area contributed by atoms with Crippen molar-refractivity contribution in [2.45, 2.75) is 51.9 Å². The summed E-state index contributed by atoms with van der Waals surface area (Å²) < 4.78 is 19.0. The van der Waals surface area contributed by atoms with E-state index in [-0.39, 0.29) is 12.1 Å². The summed E-state index contributed by atoms with van der Waals surface area (Å²) in [6.07, 6.45) is 6.10. The maximum absolute atomic E-state index is 6.37. The first-order valence-electron chi connectivity index (χ1n) is 9.52. The van der Waals surface area contributed by atoms with Gasteiger partial charge in [-0.1, -0.05) is 11.6 Å².